The summed E-state index contributed by atoms with van der Waals surface area (Å²) >= 11 is 0. The highest BCUT2D eigenvalue weighted by Gasteiger charge is 2.14. The van der Waals surface area contributed by atoms with Crippen molar-refractivity contribution in [3.8, 4) is 12.3 Å². The summed E-state index contributed by atoms with van der Waals surface area (Å²) in [7, 11) is 0. The maximum atomic E-state index is 13.6. The summed E-state index contributed by atoms with van der Waals surface area (Å²) in [5, 5.41) is 2.52. The number of benzene rings is 2. The number of halogens is 2. The highest BCUT2D eigenvalue weighted by molar-refractivity contribution is 6.04. The molecule has 1 N–H and O–H groups in total. The zero-order valence-corrected chi connectivity index (χ0v) is 10.7. The fourth-order valence-corrected chi connectivity index (χ4v) is 1.72. The van der Waals surface area contributed by atoms with Crippen molar-refractivity contribution in [3.63, 3.8) is 0 Å². The zero-order valence-electron chi connectivity index (χ0n) is 10.7. The molecule has 2 aromatic rings. The van der Waals surface area contributed by atoms with Crippen LogP contribution in [0.25, 0.3) is 0 Å². The van der Waals surface area contributed by atoms with Crippen LogP contribution >= 0.6 is 0 Å². The Morgan fingerprint density at radius 1 is 1.20 bits per heavy atom. The third-order valence-electron chi connectivity index (χ3n) is 2.78. The second-order valence-electron chi connectivity index (χ2n) is 4.26. The fourth-order valence-electron chi connectivity index (χ4n) is 1.72. The first-order valence-electron chi connectivity index (χ1n) is 5.85. The van der Waals surface area contributed by atoms with E-state index in [-0.39, 0.29) is 11.1 Å². The van der Waals surface area contributed by atoms with Crippen LogP contribution in [0.4, 0.5) is 14.5 Å². The highest BCUT2D eigenvalue weighted by Crippen LogP contribution is 2.17. The van der Waals surface area contributed by atoms with Crippen molar-refractivity contribution < 1.29 is 13.6 Å². The molecule has 0 unspecified atom stereocenters. The number of hydrogen-bond donors (Lipinski definition) is 1. The third-order valence-corrected chi connectivity index (χ3v) is 2.78. The molecular formula is C16H11F2NO. The first kappa shape index (κ1) is 13.8. The number of terminal acetylenes is 1. The molecule has 0 aliphatic rings. The van der Waals surface area contributed by atoms with Gasteiger partial charge in [0.05, 0.1) is 5.56 Å². The van der Waals surface area contributed by atoms with E-state index in [1.54, 1.807) is 24.3 Å². The lowest BCUT2D eigenvalue weighted by atomic mass is 10.1. The molecule has 20 heavy (non-hydrogen) atoms. The number of carbonyl (C=O) groups excluding carboxylic acids is 1. The number of amides is 1. The number of anilines is 1. The van der Waals surface area contributed by atoms with Gasteiger partial charge in [-0.2, -0.15) is 0 Å². The van der Waals surface area contributed by atoms with E-state index in [4.69, 9.17) is 6.42 Å². The summed E-state index contributed by atoms with van der Waals surface area (Å²) in [4.78, 5) is 12.0. The van der Waals surface area contributed by atoms with Gasteiger partial charge in [-0.15, -0.1) is 6.42 Å². The van der Waals surface area contributed by atoms with Crippen LogP contribution in [-0.4, -0.2) is 5.91 Å². The van der Waals surface area contributed by atoms with Crippen LogP contribution in [0.15, 0.2) is 36.4 Å². The standard InChI is InChI=1S/C16H11F2NO/c1-3-11-5-4-6-12(8-11)19-16(20)13-7-10(2)14(17)9-15(13)18/h1,4-9H,2H3,(H,19,20). The Kier molecular flexibility index (Phi) is 3.81. The van der Waals surface area contributed by atoms with E-state index in [2.05, 4.69) is 11.2 Å². The van der Waals surface area contributed by atoms with Crippen molar-refractivity contribution in [1.29, 1.82) is 0 Å². The van der Waals surface area contributed by atoms with Crippen LogP contribution < -0.4 is 5.32 Å². The second-order valence-corrected chi connectivity index (χ2v) is 4.26. The number of aryl methyl sites for hydroxylation is 1. The van der Waals surface area contributed by atoms with Crippen molar-refractivity contribution in [2.24, 2.45) is 0 Å². The Morgan fingerprint density at radius 2 is 1.95 bits per heavy atom. The van der Waals surface area contributed by atoms with E-state index in [0.29, 0.717) is 17.3 Å². The van der Waals surface area contributed by atoms with Gasteiger partial charge in [0, 0.05) is 17.3 Å². The predicted octanol–water partition coefficient (Wildman–Crippen LogP) is 3.51. The minimum Gasteiger partial charge on any atom is -0.322 e. The van der Waals surface area contributed by atoms with Gasteiger partial charge in [0.25, 0.3) is 5.91 Å². The monoisotopic (exact) mass is 271 g/mol. The van der Waals surface area contributed by atoms with Crippen molar-refractivity contribution in [2.75, 3.05) is 5.32 Å². The molecule has 2 aromatic carbocycles. The van der Waals surface area contributed by atoms with E-state index in [1.165, 1.54) is 13.0 Å². The van der Waals surface area contributed by atoms with E-state index >= 15 is 0 Å². The maximum Gasteiger partial charge on any atom is 0.258 e. The largest absolute Gasteiger partial charge is 0.322 e. The first-order valence-corrected chi connectivity index (χ1v) is 5.85. The molecule has 0 fully saturated rings. The van der Waals surface area contributed by atoms with E-state index in [9.17, 15) is 13.6 Å². The summed E-state index contributed by atoms with van der Waals surface area (Å²) in [5.41, 5.74) is 1.04. The first-order chi connectivity index (χ1) is 9.51. The molecule has 4 heteroatoms. The lowest BCUT2D eigenvalue weighted by molar-refractivity contribution is 0.102. The Hall–Kier alpha value is -2.67. The number of rotatable bonds is 2. The molecule has 0 spiro atoms. The molecule has 1 amide bonds. The van der Waals surface area contributed by atoms with E-state index in [0.717, 1.165) is 0 Å². The number of hydrogen-bond acceptors (Lipinski definition) is 1. The lowest BCUT2D eigenvalue weighted by Gasteiger charge is -2.08. The average Bonchev–Trinajstić information content (AvgIpc) is 2.43. The van der Waals surface area contributed by atoms with Gasteiger partial charge in [-0.25, -0.2) is 8.78 Å². The van der Waals surface area contributed by atoms with Crippen molar-refractivity contribution in [3.05, 3.63) is 64.7 Å². The Bertz CT molecular complexity index is 717. The topological polar surface area (TPSA) is 29.1 Å². The molecule has 2 rings (SSSR count). The van der Waals surface area contributed by atoms with Gasteiger partial charge in [0.15, 0.2) is 0 Å². The molecule has 0 saturated carbocycles. The van der Waals surface area contributed by atoms with Crippen LogP contribution in [0, 0.1) is 30.9 Å². The summed E-state index contributed by atoms with van der Waals surface area (Å²) in [6.07, 6.45) is 5.26. The summed E-state index contributed by atoms with van der Waals surface area (Å²) in [6, 6.07) is 8.47. The van der Waals surface area contributed by atoms with Gasteiger partial charge < -0.3 is 5.32 Å². The summed E-state index contributed by atoms with van der Waals surface area (Å²) < 4.78 is 26.8. The molecule has 0 atom stereocenters. The lowest BCUT2D eigenvalue weighted by Crippen LogP contribution is -2.14. The van der Waals surface area contributed by atoms with Crippen molar-refractivity contribution in [1.82, 2.24) is 0 Å². The van der Waals surface area contributed by atoms with Crippen molar-refractivity contribution >= 4 is 11.6 Å². The van der Waals surface area contributed by atoms with Gasteiger partial charge in [0.1, 0.15) is 11.6 Å². The molecule has 0 aromatic heterocycles. The second kappa shape index (κ2) is 5.54. The van der Waals surface area contributed by atoms with Gasteiger partial charge in [-0.1, -0.05) is 12.0 Å². The summed E-state index contributed by atoms with van der Waals surface area (Å²) in [5.74, 6) is 0.190. The molecule has 0 heterocycles. The van der Waals surface area contributed by atoms with E-state index in [1.807, 2.05) is 0 Å². The number of nitrogens with one attached hydrogen (secondary N) is 1. The molecule has 0 aliphatic carbocycles. The molecule has 0 aliphatic heterocycles. The number of carbonyl (C=O) groups is 1. The SMILES string of the molecule is C#Cc1cccc(NC(=O)c2cc(C)c(F)cc2F)c1. The minimum absolute atomic E-state index is 0.203. The highest BCUT2D eigenvalue weighted by atomic mass is 19.1. The normalized spacial score (nSPS) is 9.90. The van der Waals surface area contributed by atoms with Crippen molar-refractivity contribution in [2.45, 2.75) is 6.92 Å². The van der Waals surface area contributed by atoms with Gasteiger partial charge in [-0.05, 0) is 36.8 Å². The van der Waals surface area contributed by atoms with E-state index < -0.39 is 17.5 Å². The molecule has 2 nitrogen and oxygen atoms in total. The molecule has 100 valence electrons. The molecule has 0 saturated heterocycles. The Balaban J connectivity index is 2.28. The van der Waals surface area contributed by atoms with Crippen LogP contribution in [-0.2, 0) is 0 Å². The zero-order chi connectivity index (χ0) is 14.7. The van der Waals surface area contributed by atoms with Crippen LogP contribution in [0.5, 0.6) is 0 Å². The quantitative estimate of drug-likeness (QED) is 0.832. The van der Waals surface area contributed by atoms with Crippen LogP contribution in [0.2, 0.25) is 0 Å². The third kappa shape index (κ3) is 2.83. The summed E-state index contributed by atoms with van der Waals surface area (Å²) in [6.45, 7) is 1.46. The van der Waals surface area contributed by atoms with Crippen LogP contribution in [0.3, 0.4) is 0 Å². The Morgan fingerprint density at radius 3 is 2.65 bits per heavy atom. The van der Waals surface area contributed by atoms with Gasteiger partial charge >= 0.3 is 0 Å². The molecular weight excluding hydrogens is 260 g/mol. The molecule has 0 bridgehead atoms. The van der Waals surface area contributed by atoms with Crippen LogP contribution in [0.1, 0.15) is 21.5 Å². The van der Waals surface area contributed by atoms with Gasteiger partial charge in [-0.3, -0.25) is 4.79 Å². The average molecular weight is 271 g/mol. The maximum absolute atomic E-state index is 13.6. The minimum atomic E-state index is -0.904. The Labute approximate surface area is 115 Å². The van der Waals surface area contributed by atoms with Gasteiger partial charge in [0.2, 0.25) is 0 Å². The predicted molar refractivity (Wildman–Crippen MR) is 73.4 cm³/mol. The molecule has 0 radical (unpaired) electrons. The smallest absolute Gasteiger partial charge is 0.258 e. The fraction of sp³-hybridized carbons (Fsp3) is 0.0625.